The van der Waals surface area contributed by atoms with E-state index in [1.807, 2.05) is 42.2 Å². The van der Waals surface area contributed by atoms with Gasteiger partial charge in [0, 0.05) is 19.1 Å². The standard InChI is InChI=1S/C18H23ClN4O/c1-13-16(17(19)23(20-13)15-7-5-4-6-8-15)18(24)22-11-9-14(10-12-22)21(2)3/h4-8,14H,9-12H2,1-3H3. The minimum Gasteiger partial charge on any atom is -0.338 e. The minimum atomic E-state index is -0.0168. The molecule has 5 nitrogen and oxygen atoms in total. The number of hydrogen-bond donors (Lipinski definition) is 0. The number of amides is 1. The summed E-state index contributed by atoms with van der Waals surface area (Å²) in [5.74, 6) is -0.0168. The fraction of sp³-hybridized carbons (Fsp3) is 0.444. The lowest BCUT2D eigenvalue weighted by Gasteiger charge is -2.35. The third-order valence-electron chi connectivity index (χ3n) is 4.70. The van der Waals surface area contributed by atoms with Crippen molar-refractivity contribution in [2.24, 2.45) is 0 Å². The summed E-state index contributed by atoms with van der Waals surface area (Å²) in [6.07, 6.45) is 1.98. The molecule has 1 saturated heterocycles. The van der Waals surface area contributed by atoms with Gasteiger partial charge in [0.15, 0.2) is 0 Å². The molecule has 0 bridgehead atoms. The van der Waals surface area contributed by atoms with E-state index in [1.54, 1.807) is 4.68 Å². The van der Waals surface area contributed by atoms with Crippen LogP contribution in [0.2, 0.25) is 5.15 Å². The van der Waals surface area contributed by atoms with Crippen molar-refractivity contribution in [1.29, 1.82) is 0 Å². The summed E-state index contributed by atoms with van der Waals surface area (Å²) in [6, 6.07) is 10.2. The highest BCUT2D eigenvalue weighted by Crippen LogP contribution is 2.26. The number of carbonyl (C=O) groups is 1. The second-order valence-electron chi connectivity index (χ2n) is 6.49. The van der Waals surface area contributed by atoms with Gasteiger partial charge in [-0.15, -0.1) is 0 Å². The van der Waals surface area contributed by atoms with Crippen molar-refractivity contribution in [3.05, 3.63) is 46.7 Å². The molecule has 1 aromatic carbocycles. The van der Waals surface area contributed by atoms with Crippen LogP contribution in [0.25, 0.3) is 5.69 Å². The SMILES string of the molecule is Cc1nn(-c2ccccc2)c(Cl)c1C(=O)N1CCC(N(C)C)CC1. The predicted octanol–water partition coefficient (Wildman–Crippen LogP) is 3.00. The number of carbonyl (C=O) groups excluding carboxylic acids is 1. The number of aryl methyl sites for hydroxylation is 1. The topological polar surface area (TPSA) is 41.4 Å². The number of nitrogens with zero attached hydrogens (tertiary/aromatic N) is 4. The molecule has 3 rings (SSSR count). The van der Waals surface area contributed by atoms with E-state index < -0.39 is 0 Å². The average molecular weight is 347 g/mol. The Morgan fingerprint density at radius 3 is 2.42 bits per heavy atom. The van der Waals surface area contributed by atoms with Crippen molar-refractivity contribution in [1.82, 2.24) is 19.6 Å². The van der Waals surface area contributed by atoms with Crippen LogP contribution in [0.1, 0.15) is 28.9 Å². The largest absolute Gasteiger partial charge is 0.338 e. The fourth-order valence-corrected chi connectivity index (χ4v) is 3.58. The van der Waals surface area contributed by atoms with E-state index in [0.717, 1.165) is 31.6 Å². The van der Waals surface area contributed by atoms with E-state index >= 15 is 0 Å². The van der Waals surface area contributed by atoms with Crippen molar-refractivity contribution in [2.45, 2.75) is 25.8 Å². The van der Waals surface area contributed by atoms with Gasteiger partial charge in [-0.2, -0.15) is 5.10 Å². The molecule has 128 valence electrons. The number of piperidine rings is 1. The maximum Gasteiger partial charge on any atom is 0.258 e. The highest BCUT2D eigenvalue weighted by Gasteiger charge is 2.29. The van der Waals surface area contributed by atoms with Crippen LogP contribution < -0.4 is 0 Å². The monoisotopic (exact) mass is 346 g/mol. The molecule has 24 heavy (non-hydrogen) atoms. The van der Waals surface area contributed by atoms with Crippen molar-refractivity contribution < 1.29 is 4.79 Å². The van der Waals surface area contributed by atoms with Gasteiger partial charge in [0.1, 0.15) is 5.15 Å². The molecule has 2 heterocycles. The first kappa shape index (κ1) is 17.0. The smallest absolute Gasteiger partial charge is 0.258 e. The molecule has 1 fully saturated rings. The highest BCUT2D eigenvalue weighted by atomic mass is 35.5. The Bertz CT molecular complexity index is 718. The van der Waals surface area contributed by atoms with Gasteiger partial charge in [-0.25, -0.2) is 4.68 Å². The van der Waals surface area contributed by atoms with E-state index in [2.05, 4.69) is 24.1 Å². The zero-order chi connectivity index (χ0) is 17.3. The van der Waals surface area contributed by atoms with Crippen molar-refractivity contribution in [3.63, 3.8) is 0 Å². The number of rotatable bonds is 3. The molecule has 0 radical (unpaired) electrons. The summed E-state index contributed by atoms with van der Waals surface area (Å²) in [7, 11) is 4.18. The lowest BCUT2D eigenvalue weighted by molar-refractivity contribution is 0.0663. The van der Waals surface area contributed by atoms with Gasteiger partial charge >= 0.3 is 0 Å². The minimum absolute atomic E-state index is 0.0168. The van der Waals surface area contributed by atoms with Crippen LogP contribution in [0, 0.1) is 6.92 Å². The number of para-hydroxylation sites is 1. The first-order valence-corrected chi connectivity index (χ1v) is 8.63. The third-order valence-corrected chi connectivity index (χ3v) is 5.05. The quantitative estimate of drug-likeness (QED) is 0.858. The maximum absolute atomic E-state index is 12.9. The van der Waals surface area contributed by atoms with Crippen LogP contribution in [-0.4, -0.2) is 58.7 Å². The van der Waals surface area contributed by atoms with Gasteiger partial charge < -0.3 is 9.80 Å². The second kappa shape index (κ2) is 6.95. The zero-order valence-electron chi connectivity index (χ0n) is 14.4. The molecular weight excluding hydrogens is 324 g/mol. The Kier molecular flexibility index (Phi) is 4.92. The molecular formula is C18H23ClN4O. The maximum atomic E-state index is 12.9. The van der Waals surface area contributed by atoms with Gasteiger partial charge in [0.05, 0.1) is 16.9 Å². The van der Waals surface area contributed by atoms with Crippen LogP contribution >= 0.6 is 11.6 Å². The lowest BCUT2D eigenvalue weighted by atomic mass is 10.0. The van der Waals surface area contributed by atoms with Crippen LogP contribution in [-0.2, 0) is 0 Å². The van der Waals surface area contributed by atoms with Crippen LogP contribution in [0.5, 0.6) is 0 Å². The molecule has 0 aliphatic carbocycles. The Labute approximate surface area is 147 Å². The molecule has 0 saturated carbocycles. The zero-order valence-corrected chi connectivity index (χ0v) is 15.1. The molecule has 1 aromatic heterocycles. The van der Waals surface area contributed by atoms with E-state index in [4.69, 9.17) is 11.6 Å². The lowest BCUT2D eigenvalue weighted by Crippen LogP contribution is -2.44. The number of aromatic nitrogens is 2. The normalized spacial score (nSPS) is 16.0. The van der Waals surface area contributed by atoms with E-state index in [9.17, 15) is 4.79 Å². The van der Waals surface area contributed by atoms with Crippen molar-refractivity contribution in [3.8, 4) is 5.69 Å². The Hall–Kier alpha value is -1.85. The van der Waals surface area contributed by atoms with E-state index in [1.165, 1.54) is 0 Å². The molecule has 1 amide bonds. The first-order chi connectivity index (χ1) is 11.5. The van der Waals surface area contributed by atoms with Gasteiger partial charge in [-0.3, -0.25) is 4.79 Å². The Morgan fingerprint density at radius 1 is 1.21 bits per heavy atom. The van der Waals surface area contributed by atoms with E-state index in [0.29, 0.717) is 22.5 Å². The molecule has 0 spiro atoms. The highest BCUT2D eigenvalue weighted by molar-refractivity contribution is 6.33. The number of likely N-dealkylation sites (tertiary alicyclic amines) is 1. The Balaban J connectivity index is 1.83. The molecule has 0 N–H and O–H groups in total. The van der Waals surface area contributed by atoms with Crippen molar-refractivity contribution in [2.75, 3.05) is 27.2 Å². The summed E-state index contributed by atoms with van der Waals surface area (Å²) in [5, 5.41) is 4.86. The van der Waals surface area contributed by atoms with Crippen molar-refractivity contribution >= 4 is 17.5 Å². The first-order valence-electron chi connectivity index (χ1n) is 8.25. The summed E-state index contributed by atoms with van der Waals surface area (Å²) in [5.41, 5.74) is 2.04. The second-order valence-corrected chi connectivity index (χ2v) is 6.84. The van der Waals surface area contributed by atoms with Gasteiger partial charge in [0.25, 0.3) is 5.91 Å². The molecule has 0 unspecified atom stereocenters. The van der Waals surface area contributed by atoms with Crippen LogP contribution in [0.3, 0.4) is 0 Å². The summed E-state index contributed by atoms with van der Waals surface area (Å²) in [4.78, 5) is 17.1. The molecule has 1 aliphatic rings. The number of halogens is 1. The van der Waals surface area contributed by atoms with Crippen LogP contribution in [0.4, 0.5) is 0 Å². The molecule has 6 heteroatoms. The Morgan fingerprint density at radius 2 is 1.83 bits per heavy atom. The van der Waals surface area contributed by atoms with Gasteiger partial charge in [-0.05, 0) is 46.0 Å². The number of benzene rings is 1. The fourth-order valence-electron chi connectivity index (χ4n) is 3.23. The summed E-state index contributed by atoms with van der Waals surface area (Å²) >= 11 is 6.50. The molecule has 2 aromatic rings. The molecule has 0 atom stereocenters. The average Bonchev–Trinajstić information content (AvgIpc) is 2.89. The number of hydrogen-bond acceptors (Lipinski definition) is 3. The predicted molar refractivity (Wildman–Crippen MR) is 95.9 cm³/mol. The molecule has 1 aliphatic heterocycles. The van der Waals surface area contributed by atoms with Gasteiger partial charge in [-0.1, -0.05) is 29.8 Å². The van der Waals surface area contributed by atoms with E-state index in [-0.39, 0.29) is 5.91 Å². The van der Waals surface area contributed by atoms with Crippen LogP contribution in [0.15, 0.2) is 30.3 Å². The van der Waals surface area contributed by atoms with Gasteiger partial charge in [0.2, 0.25) is 0 Å². The summed E-state index contributed by atoms with van der Waals surface area (Å²) < 4.78 is 1.64. The third kappa shape index (κ3) is 3.19. The summed E-state index contributed by atoms with van der Waals surface area (Å²) in [6.45, 7) is 3.35.